The predicted molar refractivity (Wildman–Crippen MR) is 81.6 cm³/mol. The van der Waals surface area contributed by atoms with E-state index < -0.39 is 6.10 Å². The molecule has 0 aliphatic carbocycles. The molecule has 0 aliphatic heterocycles. The highest BCUT2D eigenvalue weighted by Gasteiger charge is 2.10. The second kappa shape index (κ2) is 9.13. The summed E-state index contributed by atoms with van der Waals surface area (Å²) in [5.41, 5.74) is 0.944. The fourth-order valence-corrected chi connectivity index (χ4v) is 1.70. The smallest absolute Gasteiger partial charge is 0.224 e. The van der Waals surface area contributed by atoms with Gasteiger partial charge in [0.25, 0.3) is 0 Å². The first-order chi connectivity index (χ1) is 9.99. The molecule has 3 N–H and O–H groups in total. The summed E-state index contributed by atoms with van der Waals surface area (Å²) in [7, 11) is 0. The van der Waals surface area contributed by atoms with Gasteiger partial charge in [-0.15, -0.1) is 0 Å². The molecule has 0 heterocycles. The Balaban J connectivity index is 2.15. The van der Waals surface area contributed by atoms with Gasteiger partial charge in [0.15, 0.2) is 0 Å². The summed E-state index contributed by atoms with van der Waals surface area (Å²) in [6.45, 7) is 4.32. The fourth-order valence-electron chi connectivity index (χ4n) is 1.70. The van der Waals surface area contributed by atoms with Crippen LogP contribution in [-0.2, 0) is 16.0 Å². The van der Waals surface area contributed by atoms with Crippen molar-refractivity contribution in [2.24, 2.45) is 5.92 Å². The highest BCUT2D eigenvalue weighted by atomic mass is 16.3. The van der Waals surface area contributed by atoms with Gasteiger partial charge in [0.05, 0.1) is 12.5 Å². The molecule has 1 atom stereocenters. The van der Waals surface area contributed by atoms with Crippen LogP contribution in [0.5, 0.6) is 0 Å². The maximum Gasteiger partial charge on any atom is 0.224 e. The van der Waals surface area contributed by atoms with Gasteiger partial charge >= 0.3 is 0 Å². The largest absolute Gasteiger partial charge is 0.391 e. The van der Waals surface area contributed by atoms with Crippen LogP contribution in [0.4, 0.5) is 0 Å². The number of nitrogens with one attached hydrogen (secondary N) is 2. The molecule has 0 saturated heterocycles. The minimum Gasteiger partial charge on any atom is -0.391 e. The van der Waals surface area contributed by atoms with E-state index in [1.165, 1.54) is 0 Å². The van der Waals surface area contributed by atoms with Crippen molar-refractivity contribution in [3.05, 3.63) is 35.9 Å². The number of carbonyl (C=O) groups excluding carboxylic acids is 2. The van der Waals surface area contributed by atoms with Crippen LogP contribution < -0.4 is 10.6 Å². The van der Waals surface area contributed by atoms with Gasteiger partial charge in [0.1, 0.15) is 0 Å². The van der Waals surface area contributed by atoms with Crippen molar-refractivity contribution in [3.63, 3.8) is 0 Å². The second-order valence-corrected chi connectivity index (χ2v) is 5.38. The van der Waals surface area contributed by atoms with Crippen LogP contribution in [0.3, 0.4) is 0 Å². The van der Waals surface area contributed by atoms with E-state index in [1.807, 2.05) is 44.2 Å². The molecule has 5 nitrogen and oxygen atoms in total. The average molecular weight is 292 g/mol. The van der Waals surface area contributed by atoms with Crippen molar-refractivity contribution in [2.75, 3.05) is 13.1 Å². The second-order valence-electron chi connectivity index (χ2n) is 5.38. The van der Waals surface area contributed by atoms with Gasteiger partial charge in [-0.3, -0.25) is 9.59 Å². The third kappa shape index (κ3) is 7.46. The molecule has 116 valence electrons. The van der Waals surface area contributed by atoms with Crippen LogP contribution in [0.15, 0.2) is 30.3 Å². The van der Waals surface area contributed by atoms with Crippen LogP contribution in [-0.4, -0.2) is 36.1 Å². The van der Waals surface area contributed by atoms with Gasteiger partial charge in [-0.1, -0.05) is 44.2 Å². The standard InChI is InChI=1S/C16H24N2O3/c1-12(2)14(19)11-18-15(20)8-9-17-16(21)10-13-6-4-3-5-7-13/h3-7,12,14,19H,8-11H2,1-2H3,(H,17,21)(H,18,20). The minimum atomic E-state index is -0.540. The zero-order valence-corrected chi connectivity index (χ0v) is 12.6. The first-order valence-electron chi connectivity index (χ1n) is 7.24. The van der Waals surface area contributed by atoms with E-state index >= 15 is 0 Å². The van der Waals surface area contributed by atoms with Crippen LogP contribution in [0.25, 0.3) is 0 Å². The Labute approximate surface area is 125 Å². The van der Waals surface area contributed by atoms with E-state index in [-0.39, 0.29) is 30.7 Å². The highest BCUT2D eigenvalue weighted by Crippen LogP contribution is 2.00. The number of aliphatic hydroxyl groups excluding tert-OH is 1. The average Bonchev–Trinajstić information content (AvgIpc) is 2.45. The molecule has 0 aliphatic rings. The highest BCUT2D eigenvalue weighted by molar-refractivity contribution is 5.80. The zero-order chi connectivity index (χ0) is 15.7. The fraction of sp³-hybridized carbons (Fsp3) is 0.500. The van der Waals surface area contributed by atoms with Crippen molar-refractivity contribution in [3.8, 4) is 0 Å². The molecule has 1 aromatic carbocycles. The quantitative estimate of drug-likeness (QED) is 0.665. The lowest BCUT2D eigenvalue weighted by Gasteiger charge is -2.15. The Hall–Kier alpha value is -1.88. The third-order valence-electron chi connectivity index (χ3n) is 3.16. The van der Waals surface area contributed by atoms with E-state index in [0.29, 0.717) is 13.0 Å². The molecule has 2 amide bonds. The summed E-state index contributed by atoms with van der Waals surface area (Å²) < 4.78 is 0. The van der Waals surface area contributed by atoms with Crippen LogP contribution in [0.1, 0.15) is 25.8 Å². The van der Waals surface area contributed by atoms with Gasteiger partial charge in [-0.2, -0.15) is 0 Å². The molecule has 0 bridgehead atoms. The molecule has 21 heavy (non-hydrogen) atoms. The van der Waals surface area contributed by atoms with Crippen molar-refractivity contribution < 1.29 is 14.7 Å². The van der Waals surface area contributed by atoms with Crippen molar-refractivity contribution in [1.29, 1.82) is 0 Å². The first kappa shape index (κ1) is 17.2. The Bertz CT molecular complexity index is 446. The number of rotatable bonds is 8. The Kier molecular flexibility index (Phi) is 7.46. The predicted octanol–water partition coefficient (Wildman–Crippen LogP) is 0.869. The number of carbonyl (C=O) groups is 2. The third-order valence-corrected chi connectivity index (χ3v) is 3.16. The number of benzene rings is 1. The SMILES string of the molecule is CC(C)C(O)CNC(=O)CCNC(=O)Cc1ccccc1. The van der Waals surface area contributed by atoms with E-state index in [9.17, 15) is 14.7 Å². The van der Waals surface area contributed by atoms with E-state index in [4.69, 9.17) is 0 Å². The summed E-state index contributed by atoms with van der Waals surface area (Å²) in [6, 6.07) is 9.45. The van der Waals surface area contributed by atoms with E-state index in [1.54, 1.807) is 0 Å². The molecule has 0 radical (unpaired) electrons. The molecule has 5 heteroatoms. The summed E-state index contributed by atoms with van der Waals surface area (Å²) in [5.74, 6) is -0.165. The minimum absolute atomic E-state index is 0.101. The first-order valence-corrected chi connectivity index (χ1v) is 7.24. The van der Waals surface area contributed by atoms with E-state index in [0.717, 1.165) is 5.56 Å². The maximum absolute atomic E-state index is 11.7. The van der Waals surface area contributed by atoms with Crippen molar-refractivity contribution >= 4 is 11.8 Å². The van der Waals surface area contributed by atoms with Gasteiger partial charge < -0.3 is 15.7 Å². The van der Waals surface area contributed by atoms with Gasteiger partial charge in [0.2, 0.25) is 11.8 Å². The molecular formula is C16H24N2O3. The lowest BCUT2D eigenvalue weighted by atomic mass is 10.1. The molecule has 1 rings (SSSR count). The van der Waals surface area contributed by atoms with E-state index in [2.05, 4.69) is 10.6 Å². The Morgan fingerprint density at radius 2 is 1.76 bits per heavy atom. The summed E-state index contributed by atoms with van der Waals surface area (Å²) in [6.07, 6.45) is -0.0125. The molecule has 1 aromatic rings. The molecule has 1 unspecified atom stereocenters. The van der Waals surface area contributed by atoms with Crippen LogP contribution in [0.2, 0.25) is 0 Å². The summed E-state index contributed by atoms with van der Waals surface area (Å²) in [4.78, 5) is 23.2. The lowest BCUT2D eigenvalue weighted by molar-refractivity contribution is -0.122. The monoisotopic (exact) mass is 292 g/mol. The molecule has 0 saturated carbocycles. The molecular weight excluding hydrogens is 268 g/mol. The normalized spacial score (nSPS) is 12.0. The molecule has 0 spiro atoms. The molecule has 0 fully saturated rings. The van der Waals surface area contributed by atoms with Gasteiger partial charge in [-0.05, 0) is 11.5 Å². The number of hydrogen-bond acceptors (Lipinski definition) is 3. The summed E-state index contributed by atoms with van der Waals surface area (Å²) in [5, 5.41) is 14.9. The number of amides is 2. The maximum atomic E-state index is 11.7. The zero-order valence-electron chi connectivity index (χ0n) is 12.6. The molecule has 0 aromatic heterocycles. The Morgan fingerprint density at radius 1 is 1.10 bits per heavy atom. The van der Waals surface area contributed by atoms with Crippen LogP contribution >= 0.6 is 0 Å². The van der Waals surface area contributed by atoms with Gasteiger partial charge in [-0.25, -0.2) is 0 Å². The van der Waals surface area contributed by atoms with Gasteiger partial charge in [0, 0.05) is 19.5 Å². The Morgan fingerprint density at radius 3 is 2.38 bits per heavy atom. The number of hydrogen-bond donors (Lipinski definition) is 3. The summed E-state index contributed by atoms with van der Waals surface area (Å²) >= 11 is 0. The lowest BCUT2D eigenvalue weighted by Crippen LogP contribution is -2.36. The number of aliphatic hydroxyl groups is 1. The van der Waals surface area contributed by atoms with Crippen LogP contribution in [0, 0.1) is 5.92 Å². The topological polar surface area (TPSA) is 78.4 Å². The van der Waals surface area contributed by atoms with Crippen molar-refractivity contribution in [2.45, 2.75) is 32.8 Å². The van der Waals surface area contributed by atoms with Crippen molar-refractivity contribution in [1.82, 2.24) is 10.6 Å².